The lowest BCUT2D eigenvalue weighted by molar-refractivity contribution is 0.0953. The normalized spacial score (nSPS) is 14.9. The van der Waals surface area contributed by atoms with E-state index in [9.17, 15) is 9.59 Å². The summed E-state index contributed by atoms with van der Waals surface area (Å²) in [5.41, 5.74) is 3.20. The molecule has 0 spiro atoms. The van der Waals surface area contributed by atoms with E-state index >= 15 is 0 Å². The fraction of sp³-hybridized carbons (Fsp3) is 0.360. The summed E-state index contributed by atoms with van der Waals surface area (Å²) in [6, 6.07) is 13.5. The minimum atomic E-state index is -0.331. The number of thiophene rings is 1. The van der Waals surface area contributed by atoms with Gasteiger partial charge in [-0.1, -0.05) is 31.2 Å². The second-order valence-electron chi connectivity index (χ2n) is 8.51. The minimum absolute atomic E-state index is 0.141. The van der Waals surface area contributed by atoms with E-state index in [1.807, 2.05) is 6.92 Å². The number of carbonyl (C=O) groups excluding carboxylic acids is 2. The number of likely N-dealkylation sites (tertiary alicyclic amines) is 1. The lowest BCUT2D eigenvalue weighted by Gasteiger charge is -2.30. The molecule has 32 heavy (non-hydrogen) atoms. The molecule has 2 aromatic heterocycles. The molecule has 4 rings (SSSR count). The van der Waals surface area contributed by atoms with Gasteiger partial charge in [-0.15, -0.1) is 11.3 Å². The first-order chi connectivity index (χ1) is 15.5. The molecule has 0 aliphatic carbocycles. The number of amides is 2. The molecule has 1 fully saturated rings. The van der Waals surface area contributed by atoms with Crippen LogP contribution in [0.3, 0.4) is 0 Å². The van der Waals surface area contributed by atoms with Crippen LogP contribution in [0, 0.1) is 12.8 Å². The molecule has 7 heteroatoms. The van der Waals surface area contributed by atoms with Crippen LogP contribution in [-0.2, 0) is 13.1 Å². The van der Waals surface area contributed by atoms with Crippen LogP contribution in [0.1, 0.15) is 56.7 Å². The van der Waals surface area contributed by atoms with Crippen LogP contribution < -0.4 is 10.6 Å². The third-order valence-electron chi connectivity index (χ3n) is 5.86. The molecule has 1 aromatic carbocycles. The quantitative estimate of drug-likeness (QED) is 0.526. The number of rotatable bonds is 7. The predicted octanol–water partition coefficient (Wildman–Crippen LogP) is 5.06. The molecule has 3 aromatic rings. The number of furan rings is 1. The Morgan fingerprint density at radius 2 is 1.81 bits per heavy atom. The molecule has 0 atom stereocenters. The molecule has 0 saturated carbocycles. The van der Waals surface area contributed by atoms with Crippen molar-refractivity contribution in [3.8, 4) is 0 Å². The van der Waals surface area contributed by atoms with Gasteiger partial charge >= 0.3 is 0 Å². The molecule has 2 N–H and O–H groups in total. The highest BCUT2D eigenvalue weighted by Crippen LogP contribution is 2.27. The highest BCUT2D eigenvalue weighted by atomic mass is 32.1. The number of hydrogen-bond acceptors (Lipinski definition) is 5. The Labute approximate surface area is 192 Å². The first-order valence-electron chi connectivity index (χ1n) is 11.0. The molecule has 0 bridgehead atoms. The average Bonchev–Trinajstić information content (AvgIpc) is 3.45. The van der Waals surface area contributed by atoms with Crippen molar-refractivity contribution < 1.29 is 14.0 Å². The van der Waals surface area contributed by atoms with Crippen LogP contribution in [0.4, 0.5) is 5.00 Å². The Morgan fingerprint density at radius 1 is 1.09 bits per heavy atom. The molecule has 0 unspecified atom stereocenters. The highest BCUT2D eigenvalue weighted by molar-refractivity contribution is 7.18. The van der Waals surface area contributed by atoms with Gasteiger partial charge in [0.25, 0.3) is 11.8 Å². The number of benzene rings is 1. The lowest BCUT2D eigenvalue weighted by atomic mass is 9.99. The van der Waals surface area contributed by atoms with Crippen LogP contribution in [0.5, 0.6) is 0 Å². The largest absolute Gasteiger partial charge is 0.459 e. The number of anilines is 1. The van der Waals surface area contributed by atoms with Crippen molar-refractivity contribution in [2.75, 3.05) is 18.4 Å². The smallest absolute Gasteiger partial charge is 0.291 e. The van der Waals surface area contributed by atoms with Gasteiger partial charge in [-0.2, -0.15) is 0 Å². The summed E-state index contributed by atoms with van der Waals surface area (Å²) in [4.78, 5) is 27.9. The van der Waals surface area contributed by atoms with Crippen molar-refractivity contribution in [1.82, 2.24) is 10.2 Å². The van der Waals surface area contributed by atoms with Crippen LogP contribution in [-0.4, -0.2) is 29.8 Å². The van der Waals surface area contributed by atoms with Crippen LogP contribution in [0.25, 0.3) is 0 Å². The van der Waals surface area contributed by atoms with Crippen LogP contribution in [0.2, 0.25) is 0 Å². The number of nitrogens with zero attached hydrogens (tertiary/aromatic N) is 1. The predicted molar refractivity (Wildman–Crippen MR) is 127 cm³/mol. The summed E-state index contributed by atoms with van der Waals surface area (Å²) in [6.07, 6.45) is 4.01. The van der Waals surface area contributed by atoms with E-state index in [1.165, 1.54) is 49.1 Å². The van der Waals surface area contributed by atoms with Gasteiger partial charge in [0.05, 0.1) is 16.1 Å². The third-order valence-corrected chi connectivity index (χ3v) is 7.02. The van der Waals surface area contributed by atoms with Crippen molar-refractivity contribution in [3.05, 3.63) is 76.1 Å². The van der Waals surface area contributed by atoms with E-state index in [-0.39, 0.29) is 17.6 Å². The maximum absolute atomic E-state index is 12.7. The summed E-state index contributed by atoms with van der Waals surface area (Å²) in [7, 11) is 0. The molecule has 1 saturated heterocycles. The molecular weight excluding hydrogens is 422 g/mol. The van der Waals surface area contributed by atoms with Crippen LogP contribution in [0.15, 0.2) is 53.1 Å². The van der Waals surface area contributed by atoms with Gasteiger partial charge < -0.3 is 15.1 Å². The standard InChI is InChI=1S/C25H29N3O3S/c1-17-9-11-28(12-10-17)16-20-7-5-19(6-8-20)15-26-25(30)23-18(2)14-22(32-23)27-24(29)21-4-3-13-31-21/h3-8,13-14,17H,9-12,15-16H2,1-2H3,(H,26,30)(H,27,29). The van der Waals surface area contributed by atoms with E-state index in [4.69, 9.17) is 4.42 Å². The zero-order chi connectivity index (χ0) is 22.5. The topological polar surface area (TPSA) is 74.6 Å². The maximum Gasteiger partial charge on any atom is 0.291 e. The fourth-order valence-corrected chi connectivity index (χ4v) is 4.84. The van der Waals surface area contributed by atoms with Gasteiger partial charge in [0.1, 0.15) is 0 Å². The van der Waals surface area contributed by atoms with E-state index < -0.39 is 0 Å². The number of piperidine rings is 1. The van der Waals surface area contributed by atoms with Gasteiger partial charge in [0, 0.05) is 13.1 Å². The van der Waals surface area contributed by atoms with Crippen molar-refractivity contribution >= 4 is 28.2 Å². The molecule has 2 amide bonds. The number of nitrogens with one attached hydrogen (secondary N) is 2. The molecule has 0 radical (unpaired) electrons. The molecule has 168 valence electrons. The van der Waals surface area contributed by atoms with E-state index in [1.54, 1.807) is 18.2 Å². The third kappa shape index (κ3) is 5.66. The molecule has 3 heterocycles. The highest BCUT2D eigenvalue weighted by Gasteiger charge is 2.17. The first kappa shape index (κ1) is 22.3. The fourth-order valence-electron chi connectivity index (χ4n) is 3.85. The SMILES string of the molecule is Cc1cc(NC(=O)c2ccco2)sc1C(=O)NCc1ccc(CN2CCC(C)CC2)cc1. The summed E-state index contributed by atoms with van der Waals surface area (Å²) in [5.74, 6) is 0.604. The Balaban J connectivity index is 1.29. The average molecular weight is 452 g/mol. The monoisotopic (exact) mass is 451 g/mol. The van der Waals surface area contributed by atoms with Crippen molar-refractivity contribution in [2.24, 2.45) is 5.92 Å². The Hall–Kier alpha value is -2.90. The summed E-state index contributed by atoms with van der Waals surface area (Å²) in [6.45, 7) is 7.98. The minimum Gasteiger partial charge on any atom is -0.459 e. The Morgan fingerprint density at radius 3 is 2.50 bits per heavy atom. The van der Waals surface area contributed by atoms with Crippen LogP contribution >= 0.6 is 11.3 Å². The van der Waals surface area contributed by atoms with Gasteiger partial charge in [-0.25, -0.2) is 0 Å². The zero-order valence-corrected chi connectivity index (χ0v) is 19.3. The molecule has 1 aliphatic rings. The van der Waals surface area contributed by atoms with Gasteiger partial charge in [0.15, 0.2) is 5.76 Å². The van der Waals surface area contributed by atoms with Gasteiger partial charge in [-0.05, 0) is 73.7 Å². The first-order valence-corrected chi connectivity index (χ1v) is 11.8. The Kier molecular flexibility index (Phi) is 7.07. The Bertz CT molecular complexity index is 1050. The summed E-state index contributed by atoms with van der Waals surface area (Å²) >= 11 is 1.26. The molecular formula is C25H29N3O3S. The number of carbonyl (C=O) groups is 2. The second-order valence-corrected chi connectivity index (χ2v) is 9.56. The summed E-state index contributed by atoms with van der Waals surface area (Å²) < 4.78 is 5.11. The molecule has 6 nitrogen and oxygen atoms in total. The lowest BCUT2D eigenvalue weighted by Crippen LogP contribution is -2.32. The van der Waals surface area contributed by atoms with Gasteiger partial charge in [-0.3, -0.25) is 14.5 Å². The van der Waals surface area contributed by atoms with Crippen molar-refractivity contribution in [2.45, 2.75) is 39.8 Å². The van der Waals surface area contributed by atoms with Crippen molar-refractivity contribution in [1.29, 1.82) is 0 Å². The number of aryl methyl sites for hydroxylation is 1. The van der Waals surface area contributed by atoms with E-state index in [2.05, 4.69) is 46.7 Å². The number of hydrogen-bond donors (Lipinski definition) is 2. The molecule has 1 aliphatic heterocycles. The van der Waals surface area contributed by atoms with E-state index in [0.29, 0.717) is 16.4 Å². The van der Waals surface area contributed by atoms with Crippen molar-refractivity contribution in [3.63, 3.8) is 0 Å². The van der Waals surface area contributed by atoms with Gasteiger partial charge in [0.2, 0.25) is 0 Å². The zero-order valence-electron chi connectivity index (χ0n) is 18.5. The second kappa shape index (κ2) is 10.1. The van der Waals surface area contributed by atoms with E-state index in [0.717, 1.165) is 23.6 Å². The maximum atomic E-state index is 12.7. The summed E-state index contributed by atoms with van der Waals surface area (Å²) in [5, 5.41) is 6.38.